The summed E-state index contributed by atoms with van der Waals surface area (Å²) in [5, 5.41) is 9.88. The quantitative estimate of drug-likeness (QED) is 0.376. The third-order valence-corrected chi connectivity index (χ3v) is 9.10. The van der Waals surface area contributed by atoms with Crippen molar-refractivity contribution in [2.45, 2.75) is 57.3 Å². The summed E-state index contributed by atoms with van der Waals surface area (Å²) in [6.07, 6.45) is 6.17. The van der Waals surface area contributed by atoms with E-state index in [1.54, 1.807) is 13.3 Å². The number of rotatable bonds is 7. The summed E-state index contributed by atoms with van der Waals surface area (Å²) in [5.41, 5.74) is 10.8. The molecule has 2 aliphatic carbocycles. The van der Waals surface area contributed by atoms with E-state index in [-0.39, 0.29) is 24.0 Å². The van der Waals surface area contributed by atoms with Gasteiger partial charge in [0.05, 0.1) is 30.1 Å². The summed E-state index contributed by atoms with van der Waals surface area (Å²) < 4.78 is 10.2. The molecule has 0 unspecified atom stereocenters. The number of hydrogen-bond donors (Lipinski definition) is 1. The van der Waals surface area contributed by atoms with Gasteiger partial charge in [-0.15, -0.1) is 0 Å². The van der Waals surface area contributed by atoms with Gasteiger partial charge in [-0.05, 0) is 80.8 Å². The smallest absolute Gasteiger partial charge is 0.254 e. The van der Waals surface area contributed by atoms with E-state index in [0.717, 1.165) is 42.1 Å². The lowest BCUT2D eigenvalue weighted by molar-refractivity contribution is 0.0700. The standard InChI is InChI=1S/C31H33N7O2/c1-18(23-5-3-4-12-34-23)38-29-24(35-30(38)26-11-9-22(15-32)36(26)16-19-6-7-19)13-21(14-27(29)40-2)31(39)37-17-20-8-10-25(37)28(20)33/h3-5,9,11-14,18-20,25,28H,6-8,10,16-17,33H2,1-2H3/t18-,20-,25-,28-/m1/s1. The van der Waals surface area contributed by atoms with Crippen molar-refractivity contribution in [1.82, 2.24) is 24.0 Å². The minimum atomic E-state index is -0.182. The lowest BCUT2D eigenvalue weighted by atomic mass is 10.1. The molecule has 4 atom stereocenters. The second-order valence-corrected chi connectivity index (χ2v) is 11.5. The number of nitrogens with zero attached hydrogens (tertiary/aromatic N) is 6. The number of carbonyl (C=O) groups is 1. The summed E-state index contributed by atoms with van der Waals surface area (Å²) in [4.78, 5) is 25.5. The Morgan fingerprint density at radius 3 is 2.70 bits per heavy atom. The van der Waals surface area contributed by atoms with Crippen LogP contribution in [0.3, 0.4) is 0 Å². The van der Waals surface area contributed by atoms with Gasteiger partial charge in [-0.3, -0.25) is 9.78 Å². The summed E-state index contributed by atoms with van der Waals surface area (Å²) in [6.45, 7) is 3.57. The van der Waals surface area contributed by atoms with E-state index in [1.165, 1.54) is 12.8 Å². The average molecular weight is 536 g/mol. The van der Waals surface area contributed by atoms with E-state index >= 15 is 0 Å². The first-order valence-corrected chi connectivity index (χ1v) is 14.2. The fourth-order valence-corrected chi connectivity index (χ4v) is 6.75. The maximum Gasteiger partial charge on any atom is 0.254 e. The zero-order valence-electron chi connectivity index (χ0n) is 22.8. The number of aromatic nitrogens is 4. The van der Waals surface area contributed by atoms with Crippen LogP contribution in [0, 0.1) is 23.2 Å². The number of hydrogen-bond acceptors (Lipinski definition) is 6. The van der Waals surface area contributed by atoms with Crippen molar-refractivity contribution in [3.05, 3.63) is 65.6 Å². The molecular weight excluding hydrogens is 502 g/mol. The van der Waals surface area contributed by atoms with Gasteiger partial charge in [-0.25, -0.2) is 4.98 Å². The molecule has 3 fully saturated rings. The van der Waals surface area contributed by atoms with Gasteiger partial charge in [0.15, 0.2) is 5.82 Å². The lowest BCUT2D eigenvalue weighted by Gasteiger charge is -2.27. The van der Waals surface area contributed by atoms with Gasteiger partial charge >= 0.3 is 0 Å². The van der Waals surface area contributed by atoms with Crippen molar-refractivity contribution in [3.8, 4) is 23.3 Å². The number of imidazole rings is 1. The Morgan fingerprint density at radius 2 is 2.05 bits per heavy atom. The molecule has 2 bridgehead atoms. The predicted molar refractivity (Wildman–Crippen MR) is 151 cm³/mol. The Bertz CT molecular complexity index is 1650. The van der Waals surface area contributed by atoms with E-state index in [1.807, 2.05) is 47.4 Å². The number of nitrogens with two attached hydrogens (primary N) is 1. The highest BCUT2D eigenvalue weighted by molar-refractivity contribution is 6.00. The number of nitriles is 1. The zero-order valence-corrected chi connectivity index (χ0v) is 22.8. The molecule has 7 rings (SSSR count). The number of ether oxygens (including phenoxy) is 1. The molecule has 4 heterocycles. The Labute approximate surface area is 233 Å². The number of pyridine rings is 1. The number of amides is 1. The van der Waals surface area contributed by atoms with Crippen LogP contribution in [0.5, 0.6) is 5.75 Å². The number of fused-ring (bicyclic) bond motifs is 3. The normalized spacial score (nSPS) is 22.6. The molecule has 40 heavy (non-hydrogen) atoms. The second-order valence-electron chi connectivity index (χ2n) is 11.5. The maximum absolute atomic E-state index is 13.8. The molecule has 3 aliphatic rings. The number of methoxy groups -OCH3 is 1. The Balaban J connectivity index is 1.41. The first-order valence-electron chi connectivity index (χ1n) is 14.2. The van der Waals surface area contributed by atoms with Gasteiger partial charge in [-0.1, -0.05) is 6.07 Å². The van der Waals surface area contributed by atoms with Gasteiger partial charge in [-0.2, -0.15) is 5.26 Å². The molecule has 1 saturated heterocycles. The summed E-state index contributed by atoms with van der Waals surface area (Å²) in [6, 6.07) is 15.7. The van der Waals surface area contributed by atoms with Crippen LogP contribution >= 0.6 is 0 Å². The first kappa shape index (κ1) is 24.9. The molecule has 9 nitrogen and oxygen atoms in total. The Hall–Kier alpha value is -4.16. The van der Waals surface area contributed by atoms with Crippen LogP contribution in [-0.2, 0) is 6.54 Å². The summed E-state index contributed by atoms with van der Waals surface area (Å²) >= 11 is 0. The fourth-order valence-electron chi connectivity index (χ4n) is 6.75. The van der Waals surface area contributed by atoms with E-state index < -0.39 is 0 Å². The van der Waals surface area contributed by atoms with Crippen molar-refractivity contribution < 1.29 is 9.53 Å². The lowest BCUT2D eigenvalue weighted by Crippen LogP contribution is -2.41. The van der Waals surface area contributed by atoms with Crippen LogP contribution in [0.1, 0.15) is 60.4 Å². The largest absolute Gasteiger partial charge is 0.494 e. The molecule has 0 radical (unpaired) electrons. The number of carbonyl (C=O) groups excluding carboxylic acids is 1. The molecule has 0 spiro atoms. The highest BCUT2D eigenvalue weighted by atomic mass is 16.5. The summed E-state index contributed by atoms with van der Waals surface area (Å²) in [7, 11) is 1.63. The third-order valence-electron chi connectivity index (χ3n) is 9.10. The molecule has 1 aromatic carbocycles. The SMILES string of the molecule is COc1cc(C(=O)N2C[C@H]3CC[C@@H]2[C@@H]3N)cc2nc(-c3ccc(C#N)n3CC3CC3)n([C@H](C)c3ccccn3)c12. The van der Waals surface area contributed by atoms with Crippen LogP contribution < -0.4 is 10.5 Å². The van der Waals surface area contributed by atoms with Crippen molar-refractivity contribution in [3.63, 3.8) is 0 Å². The number of piperidine rings is 1. The van der Waals surface area contributed by atoms with Crippen molar-refractivity contribution in [1.29, 1.82) is 5.26 Å². The molecule has 2 N–H and O–H groups in total. The molecule has 2 saturated carbocycles. The van der Waals surface area contributed by atoms with Crippen molar-refractivity contribution in [2.75, 3.05) is 13.7 Å². The molecular formula is C31H33N7O2. The van der Waals surface area contributed by atoms with E-state index in [0.29, 0.717) is 40.9 Å². The van der Waals surface area contributed by atoms with E-state index in [9.17, 15) is 10.1 Å². The monoisotopic (exact) mass is 535 g/mol. The zero-order chi connectivity index (χ0) is 27.5. The maximum atomic E-state index is 13.8. The van der Waals surface area contributed by atoms with Crippen molar-refractivity contribution >= 4 is 16.9 Å². The molecule has 9 heteroatoms. The van der Waals surface area contributed by atoms with Gasteiger partial charge in [0.1, 0.15) is 23.0 Å². The van der Waals surface area contributed by atoms with Crippen LogP contribution in [0.25, 0.3) is 22.6 Å². The minimum absolute atomic E-state index is 0.0272. The van der Waals surface area contributed by atoms with E-state index in [4.69, 9.17) is 15.5 Å². The van der Waals surface area contributed by atoms with E-state index in [2.05, 4.69) is 27.1 Å². The van der Waals surface area contributed by atoms with Gasteiger partial charge in [0.25, 0.3) is 5.91 Å². The van der Waals surface area contributed by atoms with Crippen LogP contribution in [0.2, 0.25) is 0 Å². The number of likely N-dealkylation sites (tertiary alicyclic amines) is 1. The molecule has 1 amide bonds. The topological polar surface area (TPSA) is 115 Å². The molecule has 204 valence electrons. The highest BCUT2D eigenvalue weighted by Gasteiger charge is 2.47. The Kier molecular flexibility index (Phi) is 5.90. The average Bonchev–Trinajstić information content (AvgIpc) is 3.29. The molecule has 1 aliphatic heterocycles. The van der Waals surface area contributed by atoms with Gasteiger partial charge < -0.3 is 24.5 Å². The van der Waals surface area contributed by atoms with Crippen LogP contribution in [-0.4, -0.2) is 55.6 Å². The number of benzene rings is 1. The minimum Gasteiger partial charge on any atom is -0.494 e. The van der Waals surface area contributed by atoms with Crippen molar-refractivity contribution in [2.24, 2.45) is 17.6 Å². The van der Waals surface area contributed by atoms with Gasteiger partial charge in [0.2, 0.25) is 0 Å². The molecule has 4 aromatic rings. The fraction of sp³-hybridized carbons (Fsp3) is 0.419. The molecule has 3 aromatic heterocycles. The highest BCUT2D eigenvalue weighted by Crippen LogP contribution is 2.41. The third kappa shape index (κ3) is 3.89. The van der Waals surface area contributed by atoms with Crippen LogP contribution in [0.15, 0.2) is 48.7 Å². The predicted octanol–water partition coefficient (Wildman–Crippen LogP) is 4.36. The second kappa shape index (κ2) is 9.49. The van der Waals surface area contributed by atoms with Crippen LogP contribution in [0.4, 0.5) is 0 Å². The summed E-state index contributed by atoms with van der Waals surface area (Å²) in [5.74, 6) is 2.22. The van der Waals surface area contributed by atoms with Gasteiger partial charge in [0, 0.05) is 36.9 Å². The first-order chi connectivity index (χ1) is 19.5. The Morgan fingerprint density at radius 1 is 1.20 bits per heavy atom.